The predicted octanol–water partition coefficient (Wildman–Crippen LogP) is 2.29. The molecule has 6 nitrogen and oxygen atoms in total. The van der Waals surface area contributed by atoms with Crippen LogP contribution in [-0.2, 0) is 6.54 Å². The maximum Gasteiger partial charge on any atom is 0.194 e. The molecule has 2 rings (SSSR count). The number of guanidine groups is 1. The number of rotatable bonds is 7. The third-order valence-electron chi connectivity index (χ3n) is 3.09. The van der Waals surface area contributed by atoms with Crippen LogP contribution < -0.4 is 10.1 Å². The van der Waals surface area contributed by atoms with Crippen LogP contribution in [0.5, 0.6) is 5.75 Å². The number of aliphatic imine (C=N–C) groups is 1. The summed E-state index contributed by atoms with van der Waals surface area (Å²) in [6, 6.07) is 7.76. The second kappa shape index (κ2) is 8.77. The minimum absolute atomic E-state index is 0.274. The maximum absolute atomic E-state index is 12.8. The summed E-state index contributed by atoms with van der Waals surface area (Å²) in [7, 11) is 1.93. The van der Waals surface area contributed by atoms with Crippen LogP contribution in [0, 0.1) is 5.82 Å². The van der Waals surface area contributed by atoms with Gasteiger partial charge < -0.3 is 19.5 Å². The average molecular weight is 320 g/mol. The van der Waals surface area contributed by atoms with Gasteiger partial charge in [-0.3, -0.25) is 0 Å². The van der Waals surface area contributed by atoms with Crippen molar-refractivity contribution in [1.29, 1.82) is 0 Å². The fraction of sp³-hybridized carbons (Fsp3) is 0.375. The zero-order chi connectivity index (χ0) is 16.5. The Morgan fingerprint density at radius 3 is 2.78 bits per heavy atom. The number of halogens is 1. The molecule has 0 aliphatic carbocycles. The number of nitrogens with one attached hydrogen (secondary N) is 1. The molecule has 0 aliphatic heterocycles. The second-order valence-electron chi connectivity index (χ2n) is 4.88. The molecule has 1 aromatic carbocycles. The summed E-state index contributed by atoms with van der Waals surface area (Å²) in [5, 5.41) is 7.05. The zero-order valence-electron chi connectivity index (χ0n) is 13.3. The van der Waals surface area contributed by atoms with Gasteiger partial charge in [0.2, 0.25) is 0 Å². The van der Waals surface area contributed by atoms with Crippen molar-refractivity contribution >= 4 is 5.96 Å². The predicted molar refractivity (Wildman–Crippen MR) is 85.8 cm³/mol. The molecule has 7 heteroatoms. The van der Waals surface area contributed by atoms with Gasteiger partial charge in [0.05, 0.1) is 13.1 Å². The molecule has 1 heterocycles. The van der Waals surface area contributed by atoms with Gasteiger partial charge >= 0.3 is 0 Å². The van der Waals surface area contributed by atoms with Crippen molar-refractivity contribution in [3.05, 3.63) is 48.1 Å². The van der Waals surface area contributed by atoms with Crippen LogP contribution in [-0.4, -0.2) is 42.8 Å². The number of aromatic nitrogens is 1. The van der Waals surface area contributed by atoms with E-state index in [4.69, 9.17) is 9.26 Å². The Morgan fingerprint density at radius 1 is 1.35 bits per heavy atom. The van der Waals surface area contributed by atoms with Gasteiger partial charge in [-0.2, -0.15) is 0 Å². The summed E-state index contributed by atoms with van der Waals surface area (Å²) in [4.78, 5) is 6.46. The van der Waals surface area contributed by atoms with E-state index in [1.165, 1.54) is 18.4 Å². The third kappa shape index (κ3) is 5.61. The molecular formula is C16H21FN4O2. The SMILES string of the molecule is CCNC(=NCc1ccon1)N(C)CCOc1ccc(F)cc1. The first-order chi connectivity index (χ1) is 11.2. The molecule has 0 amide bonds. The molecule has 0 unspecified atom stereocenters. The van der Waals surface area contributed by atoms with Crippen molar-refractivity contribution in [1.82, 2.24) is 15.4 Å². The Balaban J connectivity index is 1.83. The smallest absolute Gasteiger partial charge is 0.194 e. The van der Waals surface area contributed by atoms with Gasteiger partial charge in [0, 0.05) is 19.7 Å². The summed E-state index contributed by atoms with van der Waals surface area (Å²) in [5.41, 5.74) is 0.774. The van der Waals surface area contributed by atoms with Crippen LogP contribution in [0.25, 0.3) is 0 Å². The average Bonchev–Trinajstić information content (AvgIpc) is 3.06. The van der Waals surface area contributed by atoms with Gasteiger partial charge in [-0.15, -0.1) is 0 Å². The van der Waals surface area contributed by atoms with Crippen LogP contribution in [0.1, 0.15) is 12.6 Å². The quantitative estimate of drug-likeness (QED) is 0.626. The van der Waals surface area contributed by atoms with Gasteiger partial charge in [0.25, 0.3) is 0 Å². The van der Waals surface area contributed by atoms with Crippen LogP contribution in [0.4, 0.5) is 4.39 Å². The minimum atomic E-state index is -0.274. The highest BCUT2D eigenvalue weighted by molar-refractivity contribution is 5.79. The van der Waals surface area contributed by atoms with E-state index < -0.39 is 0 Å². The standard InChI is InChI=1S/C16H21FN4O2/c1-3-18-16(19-12-14-8-10-23-20-14)21(2)9-11-22-15-6-4-13(17)5-7-15/h4-8,10H,3,9,11-12H2,1-2H3,(H,18,19). The molecule has 1 aromatic heterocycles. The number of likely N-dealkylation sites (N-methyl/N-ethyl adjacent to an activating group) is 1. The largest absolute Gasteiger partial charge is 0.492 e. The van der Waals surface area contributed by atoms with E-state index in [2.05, 4.69) is 15.5 Å². The summed E-state index contributed by atoms with van der Waals surface area (Å²) >= 11 is 0. The lowest BCUT2D eigenvalue weighted by atomic mass is 10.3. The topological polar surface area (TPSA) is 62.9 Å². The summed E-state index contributed by atoms with van der Waals surface area (Å²) in [5.74, 6) is 1.13. The molecule has 2 aromatic rings. The molecule has 23 heavy (non-hydrogen) atoms. The first kappa shape index (κ1) is 16.8. The van der Waals surface area contributed by atoms with Crippen molar-refractivity contribution in [2.45, 2.75) is 13.5 Å². The monoisotopic (exact) mass is 320 g/mol. The molecule has 0 spiro atoms. The van der Waals surface area contributed by atoms with E-state index in [-0.39, 0.29) is 5.82 Å². The van der Waals surface area contributed by atoms with Crippen molar-refractivity contribution < 1.29 is 13.7 Å². The van der Waals surface area contributed by atoms with Gasteiger partial charge in [0.15, 0.2) is 5.96 Å². The lowest BCUT2D eigenvalue weighted by Gasteiger charge is -2.22. The van der Waals surface area contributed by atoms with E-state index in [9.17, 15) is 4.39 Å². The third-order valence-corrected chi connectivity index (χ3v) is 3.09. The van der Waals surface area contributed by atoms with E-state index in [0.29, 0.717) is 25.4 Å². The zero-order valence-corrected chi connectivity index (χ0v) is 13.3. The Kier molecular flexibility index (Phi) is 6.40. The molecule has 0 fully saturated rings. The van der Waals surface area contributed by atoms with E-state index >= 15 is 0 Å². The number of nitrogens with zero attached hydrogens (tertiary/aromatic N) is 3. The Morgan fingerprint density at radius 2 is 2.13 bits per heavy atom. The molecule has 0 atom stereocenters. The molecule has 0 bridgehead atoms. The minimum Gasteiger partial charge on any atom is -0.492 e. The lowest BCUT2D eigenvalue weighted by molar-refractivity contribution is 0.281. The lowest BCUT2D eigenvalue weighted by Crippen LogP contribution is -2.40. The van der Waals surface area contributed by atoms with Gasteiger partial charge in [-0.25, -0.2) is 9.38 Å². The van der Waals surface area contributed by atoms with Crippen molar-refractivity contribution in [3.8, 4) is 5.75 Å². The molecule has 0 aliphatic rings. The molecule has 0 saturated heterocycles. The first-order valence-corrected chi connectivity index (χ1v) is 7.46. The van der Waals surface area contributed by atoms with Crippen molar-refractivity contribution in [3.63, 3.8) is 0 Å². The molecule has 1 N–H and O–H groups in total. The summed E-state index contributed by atoms with van der Waals surface area (Å²) in [6.45, 7) is 4.33. The first-order valence-electron chi connectivity index (χ1n) is 7.46. The maximum atomic E-state index is 12.8. The fourth-order valence-corrected chi connectivity index (χ4v) is 1.88. The highest BCUT2D eigenvalue weighted by Gasteiger charge is 2.06. The summed E-state index contributed by atoms with van der Waals surface area (Å²) in [6.07, 6.45) is 1.53. The van der Waals surface area contributed by atoms with Gasteiger partial charge in [0.1, 0.15) is 30.1 Å². The molecule has 0 saturated carbocycles. The van der Waals surface area contributed by atoms with Gasteiger partial charge in [-0.05, 0) is 31.2 Å². The Bertz CT molecular complexity index is 599. The highest BCUT2D eigenvalue weighted by atomic mass is 19.1. The number of hydrogen-bond donors (Lipinski definition) is 1. The highest BCUT2D eigenvalue weighted by Crippen LogP contribution is 2.10. The second-order valence-corrected chi connectivity index (χ2v) is 4.88. The fourth-order valence-electron chi connectivity index (χ4n) is 1.88. The molecule has 124 valence electrons. The normalized spacial score (nSPS) is 11.3. The Hall–Kier alpha value is -2.57. The van der Waals surface area contributed by atoms with Crippen molar-refractivity contribution in [2.75, 3.05) is 26.7 Å². The summed E-state index contributed by atoms with van der Waals surface area (Å²) < 4.78 is 23.2. The number of benzene rings is 1. The molecule has 0 radical (unpaired) electrons. The van der Waals surface area contributed by atoms with Crippen LogP contribution in [0.3, 0.4) is 0 Å². The number of hydrogen-bond acceptors (Lipinski definition) is 4. The number of ether oxygens (including phenoxy) is 1. The van der Waals surface area contributed by atoms with Crippen molar-refractivity contribution in [2.24, 2.45) is 4.99 Å². The Labute approximate surface area is 134 Å². The van der Waals surface area contributed by atoms with Crippen LogP contribution >= 0.6 is 0 Å². The van der Waals surface area contributed by atoms with Crippen LogP contribution in [0.2, 0.25) is 0 Å². The van der Waals surface area contributed by atoms with E-state index in [0.717, 1.165) is 18.2 Å². The van der Waals surface area contributed by atoms with Crippen LogP contribution in [0.15, 0.2) is 46.1 Å². The van der Waals surface area contributed by atoms with Gasteiger partial charge in [-0.1, -0.05) is 5.16 Å². The van der Waals surface area contributed by atoms with E-state index in [1.54, 1.807) is 18.2 Å². The van der Waals surface area contributed by atoms with E-state index in [1.807, 2.05) is 18.9 Å². The molecular weight excluding hydrogens is 299 g/mol.